The maximum absolute atomic E-state index is 12.9. The van der Waals surface area contributed by atoms with Crippen molar-refractivity contribution in [2.24, 2.45) is 0 Å². The topological polar surface area (TPSA) is 75.7 Å². The van der Waals surface area contributed by atoms with Crippen molar-refractivity contribution in [1.82, 2.24) is 0 Å². The Morgan fingerprint density at radius 2 is 1.47 bits per heavy atom. The summed E-state index contributed by atoms with van der Waals surface area (Å²) in [4.78, 5) is 38.8. The van der Waals surface area contributed by atoms with Crippen LogP contribution in [0.4, 0.5) is 15.8 Å². The Kier molecular flexibility index (Phi) is 6.54. The molecule has 0 fully saturated rings. The normalized spacial score (nSPS) is 10.2. The number of halogens is 1. The highest BCUT2D eigenvalue weighted by Crippen LogP contribution is 2.18. The smallest absolute Gasteiger partial charge is 0.339 e. The Balaban J connectivity index is 1.67. The van der Waals surface area contributed by atoms with E-state index in [-0.39, 0.29) is 17.0 Å². The van der Waals surface area contributed by atoms with Gasteiger partial charge in [0.2, 0.25) is 0 Å². The fourth-order valence-corrected chi connectivity index (χ4v) is 2.74. The van der Waals surface area contributed by atoms with E-state index in [4.69, 9.17) is 4.74 Å². The van der Waals surface area contributed by atoms with E-state index in [0.717, 1.165) is 0 Å². The minimum atomic E-state index is -0.797. The van der Waals surface area contributed by atoms with E-state index in [1.807, 2.05) is 6.07 Å². The number of anilines is 2. The van der Waals surface area contributed by atoms with Crippen LogP contribution in [0.1, 0.15) is 20.7 Å². The molecule has 0 saturated carbocycles. The van der Waals surface area contributed by atoms with E-state index < -0.39 is 24.3 Å². The molecule has 0 unspecified atom stereocenters. The zero-order valence-corrected chi connectivity index (χ0v) is 16.2. The lowest BCUT2D eigenvalue weighted by molar-refractivity contribution is -0.119. The van der Waals surface area contributed by atoms with Gasteiger partial charge in [-0.2, -0.15) is 0 Å². The van der Waals surface area contributed by atoms with Crippen LogP contribution in [0, 0.1) is 5.82 Å². The maximum atomic E-state index is 12.9. The summed E-state index contributed by atoms with van der Waals surface area (Å²) in [5.74, 6) is -2.19. The third kappa shape index (κ3) is 5.08. The predicted molar refractivity (Wildman–Crippen MR) is 111 cm³/mol. The van der Waals surface area contributed by atoms with Crippen molar-refractivity contribution in [2.45, 2.75) is 0 Å². The zero-order valence-electron chi connectivity index (χ0n) is 16.2. The summed E-state index contributed by atoms with van der Waals surface area (Å²) >= 11 is 0. The van der Waals surface area contributed by atoms with E-state index in [2.05, 4.69) is 5.32 Å². The van der Waals surface area contributed by atoms with Gasteiger partial charge in [-0.05, 0) is 48.5 Å². The molecule has 0 radical (unpaired) electrons. The molecular formula is C23H19FN2O4. The molecule has 152 valence electrons. The van der Waals surface area contributed by atoms with E-state index >= 15 is 0 Å². The van der Waals surface area contributed by atoms with Gasteiger partial charge in [0, 0.05) is 18.4 Å². The number of hydrogen-bond acceptors (Lipinski definition) is 4. The largest absolute Gasteiger partial charge is 0.452 e. The van der Waals surface area contributed by atoms with E-state index in [0.29, 0.717) is 11.4 Å². The van der Waals surface area contributed by atoms with Crippen molar-refractivity contribution in [3.8, 4) is 0 Å². The number of amides is 2. The lowest BCUT2D eigenvalue weighted by Gasteiger charge is -2.18. The van der Waals surface area contributed by atoms with Crippen LogP contribution < -0.4 is 10.2 Å². The Morgan fingerprint density at radius 1 is 0.867 bits per heavy atom. The van der Waals surface area contributed by atoms with Gasteiger partial charge in [0.1, 0.15) is 5.82 Å². The van der Waals surface area contributed by atoms with Gasteiger partial charge in [0.05, 0.1) is 11.1 Å². The van der Waals surface area contributed by atoms with Crippen LogP contribution in [0.25, 0.3) is 0 Å². The zero-order chi connectivity index (χ0) is 21.5. The number of nitrogens with zero attached hydrogens (tertiary/aromatic N) is 1. The highest BCUT2D eigenvalue weighted by atomic mass is 19.1. The van der Waals surface area contributed by atoms with Gasteiger partial charge in [-0.15, -0.1) is 0 Å². The summed E-state index contributed by atoms with van der Waals surface area (Å²) in [6, 6.07) is 20.4. The first kappa shape index (κ1) is 20.7. The van der Waals surface area contributed by atoms with Crippen molar-refractivity contribution in [3.05, 3.63) is 95.8 Å². The van der Waals surface area contributed by atoms with Gasteiger partial charge in [-0.25, -0.2) is 9.18 Å². The van der Waals surface area contributed by atoms with Crippen LogP contribution >= 0.6 is 0 Å². The highest BCUT2D eigenvalue weighted by molar-refractivity contribution is 6.12. The lowest BCUT2D eigenvalue weighted by Crippen LogP contribution is -2.28. The van der Waals surface area contributed by atoms with Gasteiger partial charge in [0.25, 0.3) is 11.8 Å². The quantitative estimate of drug-likeness (QED) is 0.630. The standard InChI is InChI=1S/C23H19FN2O4/c1-26(18-7-3-2-4-8-18)22(28)19-9-5-6-10-20(19)23(29)30-15-21(27)25-17-13-11-16(24)12-14-17/h2-14H,15H2,1H3,(H,25,27). The van der Waals surface area contributed by atoms with Crippen molar-refractivity contribution in [1.29, 1.82) is 0 Å². The average molecular weight is 406 g/mol. The van der Waals surface area contributed by atoms with Crippen molar-refractivity contribution in [2.75, 3.05) is 23.9 Å². The molecule has 0 saturated heterocycles. The van der Waals surface area contributed by atoms with Crippen molar-refractivity contribution in [3.63, 3.8) is 0 Å². The molecule has 6 nitrogen and oxygen atoms in total. The molecule has 30 heavy (non-hydrogen) atoms. The number of carbonyl (C=O) groups is 3. The van der Waals surface area contributed by atoms with Crippen LogP contribution in [0.2, 0.25) is 0 Å². The number of hydrogen-bond donors (Lipinski definition) is 1. The number of benzene rings is 3. The molecule has 2 amide bonds. The van der Waals surface area contributed by atoms with Gasteiger partial charge in [-0.3, -0.25) is 9.59 Å². The second-order valence-corrected chi connectivity index (χ2v) is 6.38. The van der Waals surface area contributed by atoms with Gasteiger partial charge < -0.3 is 15.0 Å². The van der Waals surface area contributed by atoms with Gasteiger partial charge in [0.15, 0.2) is 6.61 Å². The molecule has 0 aliphatic carbocycles. The van der Waals surface area contributed by atoms with Gasteiger partial charge in [-0.1, -0.05) is 30.3 Å². The monoisotopic (exact) mass is 406 g/mol. The number of para-hydroxylation sites is 1. The summed E-state index contributed by atoms with van der Waals surface area (Å²) in [7, 11) is 1.61. The number of esters is 1. The fourth-order valence-electron chi connectivity index (χ4n) is 2.74. The molecule has 0 aliphatic heterocycles. The summed E-state index contributed by atoms with van der Waals surface area (Å²) in [6.45, 7) is -0.548. The highest BCUT2D eigenvalue weighted by Gasteiger charge is 2.22. The van der Waals surface area contributed by atoms with E-state index in [9.17, 15) is 18.8 Å². The fraction of sp³-hybridized carbons (Fsp3) is 0.0870. The van der Waals surface area contributed by atoms with Gasteiger partial charge >= 0.3 is 5.97 Å². The first-order chi connectivity index (χ1) is 14.5. The first-order valence-corrected chi connectivity index (χ1v) is 9.10. The summed E-state index contributed by atoms with van der Waals surface area (Å²) in [5.41, 5.74) is 1.26. The molecule has 0 heterocycles. The van der Waals surface area contributed by atoms with Crippen LogP contribution in [-0.4, -0.2) is 31.4 Å². The molecule has 0 aliphatic rings. The second kappa shape index (κ2) is 9.47. The molecule has 0 atom stereocenters. The Labute approximate surface area is 172 Å². The minimum absolute atomic E-state index is 0.0554. The molecule has 3 aromatic rings. The molecule has 7 heteroatoms. The molecule has 3 rings (SSSR count). The number of carbonyl (C=O) groups excluding carboxylic acids is 3. The number of rotatable bonds is 6. The van der Waals surface area contributed by atoms with Crippen molar-refractivity contribution < 1.29 is 23.5 Å². The second-order valence-electron chi connectivity index (χ2n) is 6.38. The van der Waals surface area contributed by atoms with Crippen molar-refractivity contribution >= 4 is 29.2 Å². The van der Waals surface area contributed by atoms with E-state index in [1.165, 1.54) is 41.3 Å². The molecule has 0 bridgehead atoms. The summed E-state index contributed by atoms with van der Waals surface area (Å²) in [6.07, 6.45) is 0. The lowest BCUT2D eigenvalue weighted by atomic mass is 10.1. The predicted octanol–water partition coefficient (Wildman–Crippen LogP) is 3.90. The Hall–Kier alpha value is -4.00. The molecule has 0 spiro atoms. The maximum Gasteiger partial charge on any atom is 0.339 e. The molecular weight excluding hydrogens is 387 g/mol. The summed E-state index contributed by atoms with van der Waals surface area (Å²) in [5, 5.41) is 2.50. The number of nitrogens with one attached hydrogen (secondary N) is 1. The molecule has 3 aromatic carbocycles. The molecule has 0 aromatic heterocycles. The summed E-state index contributed by atoms with van der Waals surface area (Å²) < 4.78 is 18.0. The Morgan fingerprint density at radius 3 is 2.13 bits per heavy atom. The first-order valence-electron chi connectivity index (χ1n) is 9.10. The third-order valence-corrected chi connectivity index (χ3v) is 4.29. The third-order valence-electron chi connectivity index (χ3n) is 4.29. The molecule has 1 N–H and O–H groups in total. The van der Waals surface area contributed by atoms with Crippen LogP contribution in [0.15, 0.2) is 78.9 Å². The minimum Gasteiger partial charge on any atom is -0.452 e. The SMILES string of the molecule is CN(C(=O)c1ccccc1C(=O)OCC(=O)Nc1ccc(F)cc1)c1ccccc1. The van der Waals surface area contributed by atoms with Crippen LogP contribution in [0.5, 0.6) is 0 Å². The number of ether oxygens (including phenoxy) is 1. The van der Waals surface area contributed by atoms with Crippen LogP contribution in [0.3, 0.4) is 0 Å². The van der Waals surface area contributed by atoms with E-state index in [1.54, 1.807) is 43.4 Å². The van der Waals surface area contributed by atoms with Crippen LogP contribution in [-0.2, 0) is 9.53 Å². The Bertz CT molecular complexity index is 1050. The average Bonchev–Trinajstić information content (AvgIpc) is 2.78.